The van der Waals surface area contributed by atoms with E-state index in [-0.39, 0.29) is 17.0 Å². The van der Waals surface area contributed by atoms with Gasteiger partial charge in [-0.25, -0.2) is 0 Å². The van der Waals surface area contributed by atoms with Crippen molar-refractivity contribution >= 4 is 0 Å². The van der Waals surface area contributed by atoms with E-state index >= 15 is 0 Å². The third kappa shape index (κ3) is 3.73. The van der Waals surface area contributed by atoms with E-state index in [2.05, 4.69) is 0 Å². The molecule has 7 heteroatoms. The lowest BCUT2D eigenvalue weighted by Crippen LogP contribution is -3.00. The van der Waals surface area contributed by atoms with Crippen LogP contribution >= 0.6 is 0 Å². The van der Waals surface area contributed by atoms with Gasteiger partial charge >= 0.3 is 6.18 Å². The maximum Gasteiger partial charge on any atom is 0.449 e. The first-order valence-corrected chi connectivity index (χ1v) is 5.46. The number of hydrogen-bond acceptors (Lipinski definition) is 2. The molecular weight excluding hydrogens is 315 g/mol. The second-order valence-corrected chi connectivity index (χ2v) is 4.60. The molecular formula is C11H15BrF3NO2. The summed E-state index contributed by atoms with van der Waals surface area (Å²) in [6.07, 6.45) is -4.40. The van der Waals surface area contributed by atoms with Crippen molar-refractivity contribution in [3.8, 4) is 0 Å². The molecule has 0 aliphatic carbocycles. The summed E-state index contributed by atoms with van der Waals surface area (Å²) in [6, 6.07) is 2.39. The van der Waals surface area contributed by atoms with Crippen molar-refractivity contribution < 1.29 is 43.8 Å². The molecule has 2 heterocycles. The van der Waals surface area contributed by atoms with Crippen LogP contribution < -0.4 is 17.0 Å². The Morgan fingerprint density at radius 2 is 1.83 bits per heavy atom. The highest BCUT2D eigenvalue weighted by Gasteiger charge is 2.36. The van der Waals surface area contributed by atoms with Gasteiger partial charge in [-0.05, 0) is 12.1 Å². The van der Waals surface area contributed by atoms with Crippen molar-refractivity contribution in [1.82, 2.24) is 0 Å². The fraction of sp³-hybridized carbons (Fsp3) is 0.636. The Morgan fingerprint density at radius 3 is 2.33 bits per heavy atom. The summed E-state index contributed by atoms with van der Waals surface area (Å²) in [5.41, 5.74) is 0. The van der Waals surface area contributed by atoms with Crippen molar-refractivity contribution in [2.45, 2.75) is 12.7 Å². The van der Waals surface area contributed by atoms with Crippen LogP contribution in [0.25, 0.3) is 0 Å². The fourth-order valence-corrected chi connectivity index (χ4v) is 1.93. The highest BCUT2D eigenvalue weighted by atomic mass is 79.9. The lowest BCUT2D eigenvalue weighted by molar-refractivity contribution is -0.930. The van der Waals surface area contributed by atoms with E-state index in [4.69, 9.17) is 9.15 Å². The molecule has 1 aliphatic heterocycles. The van der Waals surface area contributed by atoms with Crippen LogP contribution in [-0.2, 0) is 17.5 Å². The minimum absolute atomic E-state index is 0. The third-order valence-corrected chi connectivity index (χ3v) is 3.03. The van der Waals surface area contributed by atoms with Crippen molar-refractivity contribution in [2.75, 3.05) is 33.4 Å². The zero-order valence-electron chi connectivity index (χ0n) is 9.97. The van der Waals surface area contributed by atoms with Crippen LogP contribution in [0.15, 0.2) is 16.5 Å². The van der Waals surface area contributed by atoms with Gasteiger partial charge in [-0.1, -0.05) is 0 Å². The Labute approximate surface area is 114 Å². The van der Waals surface area contributed by atoms with E-state index in [1.54, 1.807) is 0 Å². The van der Waals surface area contributed by atoms with Crippen LogP contribution in [0.1, 0.15) is 11.5 Å². The molecule has 0 radical (unpaired) electrons. The zero-order chi connectivity index (χ0) is 12.5. The molecule has 104 valence electrons. The quantitative estimate of drug-likeness (QED) is 0.668. The lowest BCUT2D eigenvalue weighted by Gasteiger charge is -2.36. The number of quaternary nitrogens is 1. The molecule has 0 atom stereocenters. The van der Waals surface area contributed by atoms with Gasteiger partial charge in [0, 0.05) is 0 Å². The number of furan rings is 1. The number of nitrogens with zero attached hydrogens (tertiary/aromatic N) is 1. The number of ether oxygens (including phenoxy) is 1. The molecule has 1 aromatic rings. The predicted molar refractivity (Wildman–Crippen MR) is 54.2 cm³/mol. The van der Waals surface area contributed by atoms with E-state index in [9.17, 15) is 13.2 Å². The lowest BCUT2D eigenvalue weighted by atomic mass is 10.3. The van der Waals surface area contributed by atoms with Gasteiger partial charge < -0.3 is 30.6 Å². The van der Waals surface area contributed by atoms with E-state index in [1.807, 2.05) is 7.05 Å². The average Bonchev–Trinajstić information content (AvgIpc) is 2.66. The van der Waals surface area contributed by atoms with Crippen LogP contribution in [0.5, 0.6) is 0 Å². The molecule has 0 amide bonds. The maximum atomic E-state index is 12.4. The molecule has 18 heavy (non-hydrogen) atoms. The summed E-state index contributed by atoms with van der Waals surface area (Å²) in [5, 5.41) is 0. The van der Waals surface area contributed by atoms with E-state index in [1.165, 1.54) is 6.07 Å². The van der Waals surface area contributed by atoms with Crippen LogP contribution in [0.3, 0.4) is 0 Å². The molecule has 0 spiro atoms. The molecule has 0 unspecified atom stereocenters. The van der Waals surface area contributed by atoms with E-state index in [0.717, 1.165) is 19.2 Å². The highest BCUT2D eigenvalue weighted by Crippen LogP contribution is 2.31. The Bertz CT molecular complexity index is 386. The molecule has 3 nitrogen and oxygen atoms in total. The number of likely N-dealkylation sites (N-methyl/N-ethyl adjacent to an activating group) is 1. The van der Waals surface area contributed by atoms with Gasteiger partial charge in [0.05, 0.1) is 20.3 Å². The summed E-state index contributed by atoms with van der Waals surface area (Å²) in [6.45, 7) is 3.34. The average molecular weight is 330 g/mol. The van der Waals surface area contributed by atoms with Crippen LogP contribution in [0.4, 0.5) is 13.2 Å². The van der Waals surface area contributed by atoms with Gasteiger partial charge in [-0.15, -0.1) is 0 Å². The van der Waals surface area contributed by atoms with Gasteiger partial charge in [-0.3, -0.25) is 0 Å². The van der Waals surface area contributed by atoms with Gasteiger partial charge in [0.2, 0.25) is 5.76 Å². The third-order valence-electron chi connectivity index (χ3n) is 3.03. The first-order valence-electron chi connectivity index (χ1n) is 5.46. The second kappa shape index (κ2) is 5.63. The Balaban J connectivity index is 0.00000162. The molecule has 1 aromatic heterocycles. The van der Waals surface area contributed by atoms with Crippen molar-refractivity contribution in [3.63, 3.8) is 0 Å². The van der Waals surface area contributed by atoms with Crippen LogP contribution in [0.2, 0.25) is 0 Å². The highest BCUT2D eigenvalue weighted by molar-refractivity contribution is 5.09. The predicted octanol–water partition coefficient (Wildman–Crippen LogP) is -0.721. The standard InChI is InChI=1S/C11H15F3NO2.BrH/c1-15(4-6-16-7-5-15)8-9-2-3-10(17-9)11(12,13)14;/h2-3H,4-8H2,1H3;1H/q+1;/p-1. The largest absolute Gasteiger partial charge is 1.00 e. The van der Waals surface area contributed by atoms with Crippen LogP contribution in [-0.4, -0.2) is 37.8 Å². The number of morpholine rings is 1. The normalized spacial score (nSPS) is 19.3. The molecule has 2 rings (SSSR count). The SMILES string of the molecule is C[N+]1(Cc2ccc(C(F)(F)F)o2)CCOCC1.[Br-]. The van der Waals surface area contributed by atoms with Crippen molar-refractivity contribution in [2.24, 2.45) is 0 Å². The number of alkyl halides is 3. The van der Waals surface area contributed by atoms with Crippen molar-refractivity contribution in [3.05, 3.63) is 23.7 Å². The molecule has 0 bridgehead atoms. The smallest absolute Gasteiger partial charge is 0.449 e. The summed E-state index contributed by atoms with van der Waals surface area (Å²) in [7, 11) is 2.00. The first kappa shape index (κ1) is 15.5. The van der Waals surface area contributed by atoms with E-state index < -0.39 is 11.9 Å². The Hall–Kier alpha value is -0.530. The van der Waals surface area contributed by atoms with Gasteiger partial charge in [0.15, 0.2) is 5.76 Å². The van der Waals surface area contributed by atoms with Crippen molar-refractivity contribution in [1.29, 1.82) is 0 Å². The van der Waals surface area contributed by atoms with Gasteiger partial charge in [0.1, 0.15) is 19.6 Å². The molecule has 0 saturated carbocycles. The second-order valence-electron chi connectivity index (χ2n) is 4.60. The summed E-state index contributed by atoms with van der Waals surface area (Å²) < 4.78 is 47.8. The Kier molecular flexibility index (Phi) is 4.85. The van der Waals surface area contributed by atoms with Gasteiger partial charge in [0.25, 0.3) is 0 Å². The molecule has 1 aliphatic rings. The molecule has 1 fully saturated rings. The Morgan fingerprint density at radius 1 is 1.22 bits per heavy atom. The summed E-state index contributed by atoms with van der Waals surface area (Å²) in [4.78, 5) is 0. The monoisotopic (exact) mass is 329 g/mol. The summed E-state index contributed by atoms with van der Waals surface area (Å²) >= 11 is 0. The summed E-state index contributed by atoms with van der Waals surface area (Å²) in [5.74, 6) is -0.547. The number of rotatable bonds is 2. The first-order chi connectivity index (χ1) is 7.89. The minimum Gasteiger partial charge on any atom is -1.00 e. The topological polar surface area (TPSA) is 22.4 Å². The number of hydrogen-bond donors (Lipinski definition) is 0. The van der Waals surface area contributed by atoms with Crippen LogP contribution in [0, 0.1) is 0 Å². The maximum absolute atomic E-state index is 12.4. The number of halogens is 4. The minimum atomic E-state index is -4.40. The zero-order valence-corrected chi connectivity index (χ0v) is 11.6. The molecule has 0 aromatic carbocycles. The molecule has 0 N–H and O–H groups in total. The fourth-order valence-electron chi connectivity index (χ4n) is 1.93. The van der Waals surface area contributed by atoms with E-state index in [0.29, 0.717) is 30.0 Å². The van der Waals surface area contributed by atoms with Gasteiger partial charge in [-0.2, -0.15) is 13.2 Å². The molecule has 1 saturated heterocycles.